The molecule has 1 atom stereocenters. The molecular formula is C11H17Br2NO2. The molecule has 0 aliphatic rings. The lowest BCUT2D eigenvalue weighted by Crippen LogP contribution is -2.15. The van der Waals surface area contributed by atoms with Crippen LogP contribution in [0.25, 0.3) is 0 Å². The quantitative estimate of drug-likeness (QED) is 0.738. The van der Waals surface area contributed by atoms with Crippen molar-refractivity contribution < 1.29 is 9.52 Å². The molecule has 1 aromatic heterocycles. The lowest BCUT2D eigenvalue weighted by atomic mass is 10.1. The fraction of sp³-hybridized carbons (Fsp3) is 0.636. The Morgan fingerprint density at radius 2 is 2.25 bits per heavy atom. The largest absolute Gasteiger partial charge is 0.452 e. The van der Waals surface area contributed by atoms with E-state index >= 15 is 0 Å². The van der Waals surface area contributed by atoms with Gasteiger partial charge in [-0.15, -0.1) is 0 Å². The van der Waals surface area contributed by atoms with Gasteiger partial charge in [0.1, 0.15) is 5.76 Å². The third kappa shape index (κ3) is 4.99. The van der Waals surface area contributed by atoms with Crippen molar-refractivity contribution in [3.63, 3.8) is 0 Å². The standard InChI is InChI=1S/C11H17Br2NO2/c1-8(7-15)3-2-4-14-6-9-5-10(12)11(13)16-9/h5,8,14-15H,2-4,6-7H2,1H3. The van der Waals surface area contributed by atoms with Crippen molar-refractivity contribution in [2.24, 2.45) is 5.92 Å². The number of furan rings is 1. The molecule has 0 aromatic carbocycles. The van der Waals surface area contributed by atoms with E-state index in [0.29, 0.717) is 5.92 Å². The summed E-state index contributed by atoms with van der Waals surface area (Å²) in [6.07, 6.45) is 2.12. The summed E-state index contributed by atoms with van der Waals surface area (Å²) < 4.78 is 7.11. The van der Waals surface area contributed by atoms with Crippen LogP contribution in [-0.2, 0) is 6.54 Å². The highest BCUT2D eigenvalue weighted by atomic mass is 79.9. The molecule has 0 fully saturated rings. The second-order valence-electron chi connectivity index (χ2n) is 3.94. The van der Waals surface area contributed by atoms with Gasteiger partial charge in [0.2, 0.25) is 0 Å². The summed E-state index contributed by atoms with van der Waals surface area (Å²) in [7, 11) is 0. The van der Waals surface area contributed by atoms with Crippen molar-refractivity contribution >= 4 is 31.9 Å². The maximum atomic E-state index is 8.86. The van der Waals surface area contributed by atoms with Crippen LogP contribution < -0.4 is 5.32 Å². The van der Waals surface area contributed by atoms with Crippen molar-refractivity contribution in [3.8, 4) is 0 Å². The van der Waals surface area contributed by atoms with Crippen LogP contribution in [0.3, 0.4) is 0 Å². The van der Waals surface area contributed by atoms with Crippen LogP contribution in [0.2, 0.25) is 0 Å². The average Bonchev–Trinajstić information content (AvgIpc) is 2.57. The highest BCUT2D eigenvalue weighted by Gasteiger charge is 2.05. The minimum absolute atomic E-state index is 0.276. The van der Waals surface area contributed by atoms with Gasteiger partial charge in [0, 0.05) is 6.61 Å². The number of rotatable bonds is 7. The van der Waals surface area contributed by atoms with Crippen LogP contribution in [0.4, 0.5) is 0 Å². The minimum atomic E-state index is 0.276. The topological polar surface area (TPSA) is 45.4 Å². The number of hydrogen-bond donors (Lipinski definition) is 2. The maximum Gasteiger partial charge on any atom is 0.183 e. The Morgan fingerprint density at radius 3 is 2.81 bits per heavy atom. The molecule has 0 spiro atoms. The van der Waals surface area contributed by atoms with E-state index in [1.54, 1.807) is 0 Å². The second kappa shape index (κ2) is 7.48. The number of halogens is 2. The van der Waals surface area contributed by atoms with Crippen LogP contribution >= 0.6 is 31.9 Å². The van der Waals surface area contributed by atoms with Gasteiger partial charge >= 0.3 is 0 Å². The van der Waals surface area contributed by atoms with Gasteiger partial charge in [-0.1, -0.05) is 6.92 Å². The Labute approximate surface area is 113 Å². The van der Waals surface area contributed by atoms with Crippen LogP contribution in [0.5, 0.6) is 0 Å². The summed E-state index contributed by atoms with van der Waals surface area (Å²) in [5, 5.41) is 12.2. The van der Waals surface area contributed by atoms with Gasteiger partial charge < -0.3 is 14.8 Å². The summed E-state index contributed by atoms with van der Waals surface area (Å²) in [6, 6.07) is 1.95. The fourth-order valence-electron chi connectivity index (χ4n) is 1.36. The Morgan fingerprint density at radius 1 is 1.50 bits per heavy atom. The van der Waals surface area contributed by atoms with Gasteiger partial charge in [-0.25, -0.2) is 0 Å². The molecule has 1 unspecified atom stereocenters. The van der Waals surface area contributed by atoms with Gasteiger partial charge in [0.05, 0.1) is 11.0 Å². The SMILES string of the molecule is CC(CO)CCCNCc1cc(Br)c(Br)o1. The summed E-state index contributed by atoms with van der Waals surface area (Å²) in [6.45, 7) is 4.01. The van der Waals surface area contributed by atoms with E-state index in [2.05, 4.69) is 44.1 Å². The van der Waals surface area contributed by atoms with E-state index < -0.39 is 0 Å². The number of aliphatic hydroxyl groups excluding tert-OH is 1. The summed E-state index contributed by atoms with van der Waals surface area (Å²) >= 11 is 6.67. The molecule has 92 valence electrons. The van der Waals surface area contributed by atoms with Crippen LogP contribution in [0.1, 0.15) is 25.5 Å². The zero-order valence-corrected chi connectivity index (χ0v) is 12.5. The Bertz CT molecular complexity index is 295. The predicted molar refractivity (Wildman–Crippen MR) is 71.3 cm³/mol. The normalized spacial score (nSPS) is 13.0. The van der Waals surface area contributed by atoms with E-state index in [4.69, 9.17) is 9.52 Å². The molecule has 0 saturated carbocycles. The molecule has 0 radical (unpaired) electrons. The molecule has 1 heterocycles. The molecule has 0 aliphatic heterocycles. The molecule has 16 heavy (non-hydrogen) atoms. The Hall–Kier alpha value is 0.160. The fourth-order valence-corrected chi connectivity index (χ4v) is 2.02. The number of aliphatic hydroxyl groups is 1. The first kappa shape index (κ1) is 14.2. The van der Waals surface area contributed by atoms with Crippen molar-refractivity contribution in [1.82, 2.24) is 5.32 Å². The van der Waals surface area contributed by atoms with E-state index in [1.807, 2.05) is 6.07 Å². The smallest absolute Gasteiger partial charge is 0.183 e. The van der Waals surface area contributed by atoms with E-state index in [-0.39, 0.29) is 6.61 Å². The third-order valence-corrected chi connectivity index (χ3v) is 4.07. The van der Waals surface area contributed by atoms with Crippen LogP contribution in [0.15, 0.2) is 19.6 Å². The van der Waals surface area contributed by atoms with Crippen molar-refractivity contribution in [3.05, 3.63) is 21.0 Å². The van der Waals surface area contributed by atoms with Crippen LogP contribution in [-0.4, -0.2) is 18.3 Å². The minimum Gasteiger partial charge on any atom is -0.452 e. The van der Waals surface area contributed by atoms with E-state index in [9.17, 15) is 0 Å². The van der Waals surface area contributed by atoms with Gasteiger partial charge in [-0.05, 0) is 63.2 Å². The van der Waals surface area contributed by atoms with Gasteiger partial charge in [-0.2, -0.15) is 0 Å². The molecule has 0 bridgehead atoms. The predicted octanol–water partition coefficient (Wildman–Crippen LogP) is 3.30. The average molecular weight is 355 g/mol. The first-order valence-electron chi connectivity index (χ1n) is 5.38. The van der Waals surface area contributed by atoms with Gasteiger partial charge in [-0.3, -0.25) is 0 Å². The van der Waals surface area contributed by atoms with Crippen molar-refractivity contribution in [1.29, 1.82) is 0 Å². The lowest BCUT2D eigenvalue weighted by Gasteiger charge is -2.07. The first-order valence-corrected chi connectivity index (χ1v) is 6.97. The first-order chi connectivity index (χ1) is 7.63. The second-order valence-corrected chi connectivity index (χ2v) is 5.52. The Kier molecular flexibility index (Phi) is 6.65. The summed E-state index contributed by atoms with van der Waals surface area (Å²) in [4.78, 5) is 0. The van der Waals surface area contributed by atoms with Gasteiger partial charge in [0.15, 0.2) is 4.67 Å². The summed E-state index contributed by atoms with van der Waals surface area (Å²) in [5.74, 6) is 1.31. The molecular weight excluding hydrogens is 338 g/mol. The van der Waals surface area contributed by atoms with Crippen molar-refractivity contribution in [2.45, 2.75) is 26.3 Å². The molecule has 5 heteroatoms. The number of hydrogen-bond acceptors (Lipinski definition) is 3. The molecule has 3 nitrogen and oxygen atoms in total. The highest BCUT2D eigenvalue weighted by molar-refractivity contribution is 9.13. The van der Waals surface area contributed by atoms with E-state index in [0.717, 1.165) is 40.8 Å². The third-order valence-electron chi connectivity index (χ3n) is 2.36. The zero-order chi connectivity index (χ0) is 12.0. The van der Waals surface area contributed by atoms with Gasteiger partial charge in [0.25, 0.3) is 0 Å². The van der Waals surface area contributed by atoms with E-state index in [1.165, 1.54) is 0 Å². The molecule has 0 saturated heterocycles. The number of nitrogens with one attached hydrogen (secondary N) is 1. The lowest BCUT2D eigenvalue weighted by molar-refractivity contribution is 0.228. The molecule has 0 aliphatic carbocycles. The summed E-state index contributed by atoms with van der Waals surface area (Å²) in [5.41, 5.74) is 0. The Balaban J connectivity index is 2.11. The zero-order valence-electron chi connectivity index (χ0n) is 9.30. The molecule has 0 amide bonds. The van der Waals surface area contributed by atoms with Crippen molar-refractivity contribution in [2.75, 3.05) is 13.2 Å². The van der Waals surface area contributed by atoms with Crippen LogP contribution in [0, 0.1) is 5.92 Å². The highest BCUT2D eigenvalue weighted by Crippen LogP contribution is 2.26. The molecule has 1 aromatic rings. The monoisotopic (exact) mass is 353 g/mol. The maximum absolute atomic E-state index is 8.86. The molecule has 2 N–H and O–H groups in total. The molecule has 1 rings (SSSR count).